The van der Waals surface area contributed by atoms with Crippen molar-refractivity contribution in [2.45, 2.75) is 18.3 Å². The number of ether oxygens (including phenoxy) is 2. The molecule has 2 atom stereocenters. The number of hydrogen-bond donors (Lipinski definition) is 0. The van der Waals surface area contributed by atoms with Crippen molar-refractivity contribution in [2.75, 3.05) is 25.7 Å². The lowest BCUT2D eigenvalue weighted by atomic mass is 9.95. The van der Waals surface area contributed by atoms with E-state index < -0.39 is 11.9 Å². The van der Waals surface area contributed by atoms with E-state index in [0.717, 1.165) is 5.69 Å². The number of nitrogens with zero attached hydrogens (tertiary/aromatic N) is 1. The molecule has 0 aromatic heterocycles. The van der Waals surface area contributed by atoms with Crippen molar-refractivity contribution < 1.29 is 13.9 Å². The van der Waals surface area contributed by atoms with Gasteiger partial charge >= 0.3 is 0 Å². The van der Waals surface area contributed by atoms with Gasteiger partial charge in [0.25, 0.3) is 0 Å². The Balaban J connectivity index is 2.16. The number of hydrogen-bond acceptors (Lipinski definition) is 3. The van der Waals surface area contributed by atoms with Crippen LogP contribution in [-0.2, 0) is 10.4 Å². The summed E-state index contributed by atoms with van der Waals surface area (Å²) >= 11 is 0. The summed E-state index contributed by atoms with van der Waals surface area (Å²) in [6.07, 6.45) is -0.0584. The second-order valence-electron chi connectivity index (χ2n) is 4.33. The lowest BCUT2D eigenvalue weighted by molar-refractivity contribution is 0.0340. The van der Waals surface area contributed by atoms with Gasteiger partial charge in [0.2, 0.25) is 0 Å². The fourth-order valence-corrected chi connectivity index (χ4v) is 2.67. The van der Waals surface area contributed by atoms with Crippen molar-refractivity contribution in [3.05, 3.63) is 23.8 Å². The molecular formula is C12H14FNO2. The topological polar surface area (TPSA) is 21.7 Å². The van der Waals surface area contributed by atoms with Crippen LogP contribution in [-0.4, -0.2) is 27.0 Å². The first kappa shape index (κ1) is 9.90. The minimum atomic E-state index is -1.38. The van der Waals surface area contributed by atoms with Crippen LogP contribution in [0.25, 0.3) is 0 Å². The van der Waals surface area contributed by atoms with Crippen LogP contribution in [0, 0.1) is 0 Å². The summed E-state index contributed by atoms with van der Waals surface area (Å²) in [5.41, 5.74) is 0.211. The van der Waals surface area contributed by atoms with Crippen LogP contribution >= 0.6 is 0 Å². The molecule has 16 heavy (non-hydrogen) atoms. The molecule has 1 aromatic carbocycles. The van der Waals surface area contributed by atoms with E-state index in [1.54, 1.807) is 13.2 Å². The number of likely N-dealkylation sites (N-methyl/N-ethyl adjacent to an activating group) is 1. The van der Waals surface area contributed by atoms with Gasteiger partial charge in [0.15, 0.2) is 11.9 Å². The van der Waals surface area contributed by atoms with Crippen LogP contribution in [0.5, 0.6) is 5.75 Å². The third kappa shape index (κ3) is 1.05. The molecule has 2 aliphatic rings. The van der Waals surface area contributed by atoms with Gasteiger partial charge in [0, 0.05) is 24.7 Å². The zero-order valence-corrected chi connectivity index (χ0v) is 9.37. The number of fused-ring (bicyclic) bond motifs is 3. The van der Waals surface area contributed by atoms with Gasteiger partial charge in [-0.05, 0) is 18.2 Å². The molecule has 0 radical (unpaired) electrons. The second kappa shape index (κ2) is 3.10. The summed E-state index contributed by atoms with van der Waals surface area (Å²) < 4.78 is 25.4. The van der Waals surface area contributed by atoms with E-state index in [1.165, 1.54) is 0 Å². The fourth-order valence-electron chi connectivity index (χ4n) is 2.67. The molecule has 86 valence electrons. The smallest absolute Gasteiger partial charge is 0.184 e. The highest BCUT2D eigenvalue weighted by Crippen LogP contribution is 2.52. The van der Waals surface area contributed by atoms with Gasteiger partial charge in [-0.3, -0.25) is 0 Å². The first-order valence-corrected chi connectivity index (χ1v) is 5.39. The molecule has 4 heteroatoms. The molecule has 0 spiro atoms. The molecule has 0 N–H and O–H groups in total. The van der Waals surface area contributed by atoms with Crippen molar-refractivity contribution >= 4 is 5.69 Å². The summed E-state index contributed by atoms with van der Waals surface area (Å²) in [5, 5.41) is 0. The lowest BCUT2D eigenvalue weighted by Crippen LogP contribution is -2.36. The number of halogens is 1. The molecule has 1 aromatic rings. The van der Waals surface area contributed by atoms with Crippen LogP contribution in [0.1, 0.15) is 12.0 Å². The Kier molecular flexibility index (Phi) is 1.92. The average Bonchev–Trinajstić information content (AvgIpc) is 2.78. The van der Waals surface area contributed by atoms with Crippen LogP contribution in [0.15, 0.2) is 18.2 Å². The SMILES string of the molecule is COc1ccc2c(c1)[C@]1(F)CCO[C@@H]1N2C. The van der Waals surface area contributed by atoms with Crippen molar-refractivity contribution in [3.63, 3.8) is 0 Å². The van der Waals surface area contributed by atoms with E-state index in [2.05, 4.69) is 0 Å². The monoisotopic (exact) mass is 223 g/mol. The fraction of sp³-hybridized carbons (Fsp3) is 0.500. The first-order valence-electron chi connectivity index (χ1n) is 5.39. The number of methoxy groups -OCH3 is 1. The van der Waals surface area contributed by atoms with E-state index in [9.17, 15) is 4.39 Å². The highest BCUT2D eigenvalue weighted by atomic mass is 19.1. The Morgan fingerprint density at radius 2 is 2.38 bits per heavy atom. The van der Waals surface area contributed by atoms with Crippen LogP contribution in [0.2, 0.25) is 0 Å². The van der Waals surface area contributed by atoms with Crippen molar-refractivity contribution in [3.8, 4) is 5.75 Å². The highest BCUT2D eigenvalue weighted by molar-refractivity contribution is 5.64. The van der Waals surface area contributed by atoms with E-state index in [4.69, 9.17) is 9.47 Å². The Labute approximate surface area is 93.8 Å². The summed E-state index contributed by atoms with van der Waals surface area (Å²) in [4.78, 5) is 1.86. The molecule has 0 unspecified atom stereocenters. The van der Waals surface area contributed by atoms with E-state index in [1.807, 2.05) is 24.1 Å². The van der Waals surface area contributed by atoms with Gasteiger partial charge in [-0.2, -0.15) is 0 Å². The van der Waals surface area contributed by atoms with Crippen LogP contribution in [0.4, 0.5) is 10.1 Å². The van der Waals surface area contributed by atoms with E-state index >= 15 is 0 Å². The Hall–Kier alpha value is -1.29. The normalized spacial score (nSPS) is 31.4. The molecule has 0 bridgehead atoms. The standard InChI is InChI=1S/C12H14FNO2/c1-14-10-4-3-8(15-2)7-9(10)12(13)5-6-16-11(12)14/h3-4,7,11H,5-6H2,1-2H3/t11-,12+/m0/s1. The van der Waals surface area contributed by atoms with Crippen LogP contribution in [0.3, 0.4) is 0 Å². The average molecular weight is 223 g/mol. The minimum Gasteiger partial charge on any atom is -0.497 e. The van der Waals surface area contributed by atoms with Crippen LogP contribution < -0.4 is 9.64 Å². The third-order valence-electron chi connectivity index (χ3n) is 3.52. The van der Waals surface area contributed by atoms with Gasteiger partial charge < -0.3 is 14.4 Å². The molecule has 0 amide bonds. The number of anilines is 1. The predicted octanol–water partition coefficient (Wildman–Crippen LogP) is 2.06. The Morgan fingerprint density at radius 3 is 3.12 bits per heavy atom. The summed E-state index contributed by atoms with van der Waals surface area (Å²) in [6.45, 7) is 0.474. The molecule has 1 fully saturated rings. The largest absolute Gasteiger partial charge is 0.497 e. The summed E-state index contributed by atoms with van der Waals surface area (Å²) in [5.74, 6) is 0.691. The zero-order chi connectivity index (χ0) is 11.3. The van der Waals surface area contributed by atoms with Gasteiger partial charge in [-0.15, -0.1) is 0 Å². The third-order valence-corrected chi connectivity index (χ3v) is 3.52. The van der Waals surface area contributed by atoms with E-state index in [0.29, 0.717) is 24.3 Å². The van der Waals surface area contributed by atoms with Gasteiger partial charge in [-0.25, -0.2) is 4.39 Å². The maximum Gasteiger partial charge on any atom is 0.184 e. The van der Waals surface area contributed by atoms with Crippen molar-refractivity contribution in [2.24, 2.45) is 0 Å². The lowest BCUT2D eigenvalue weighted by Gasteiger charge is -2.23. The maximum atomic E-state index is 14.8. The van der Waals surface area contributed by atoms with Gasteiger partial charge in [0.1, 0.15) is 5.75 Å². The first-order chi connectivity index (χ1) is 7.66. The molecular weight excluding hydrogens is 209 g/mol. The van der Waals surface area contributed by atoms with Crippen molar-refractivity contribution in [1.82, 2.24) is 0 Å². The Morgan fingerprint density at radius 1 is 1.56 bits per heavy atom. The molecule has 1 saturated heterocycles. The second-order valence-corrected chi connectivity index (χ2v) is 4.33. The van der Waals surface area contributed by atoms with E-state index in [-0.39, 0.29) is 0 Å². The minimum absolute atomic E-state index is 0.419. The molecule has 2 heterocycles. The van der Waals surface area contributed by atoms with Crippen molar-refractivity contribution in [1.29, 1.82) is 0 Å². The molecule has 3 rings (SSSR count). The van der Waals surface area contributed by atoms with Gasteiger partial charge in [-0.1, -0.05) is 0 Å². The summed E-state index contributed by atoms with van der Waals surface area (Å²) in [7, 11) is 3.45. The quantitative estimate of drug-likeness (QED) is 0.727. The number of alkyl halides is 1. The highest BCUT2D eigenvalue weighted by Gasteiger charge is 2.55. The molecule has 0 saturated carbocycles. The predicted molar refractivity (Wildman–Crippen MR) is 58.5 cm³/mol. The molecule has 0 aliphatic carbocycles. The zero-order valence-electron chi connectivity index (χ0n) is 9.37. The summed E-state index contributed by atoms with van der Waals surface area (Å²) in [6, 6.07) is 5.51. The molecule has 2 aliphatic heterocycles. The number of rotatable bonds is 1. The molecule has 3 nitrogen and oxygen atoms in total. The Bertz CT molecular complexity index is 437. The van der Waals surface area contributed by atoms with Gasteiger partial charge in [0.05, 0.1) is 13.7 Å². The maximum absolute atomic E-state index is 14.8. The number of benzene rings is 1.